The van der Waals surface area contributed by atoms with Crippen LogP contribution in [-0.2, 0) is 14.6 Å². The van der Waals surface area contributed by atoms with Gasteiger partial charge in [-0.3, -0.25) is 0 Å². The normalized spacial score (nSPS) is 40.1. The molecule has 2 unspecified atom stereocenters. The maximum Gasteiger partial charge on any atom is 0.154 e. The van der Waals surface area contributed by atoms with E-state index < -0.39 is 9.84 Å². The highest BCUT2D eigenvalue weighted by Gasteiger charge is 2.39. The van der Waals surface area contributed by atoms with E-state index in [1.807, 2.05) is 0 Å². The lowest BCUT2D eigenvalue weighted by Crippen LogP contribution is -2.23. The van der Waals surface area contributed by atoms with Crippen molar-refractivity contribution in [3.8, 4) is 0 Å². The van der Waals surface area contributed by atoms with E-state index in [1.165, 1.54) is 0 Å². The van der Waals surface area contributed by atoms with Gasteiger partial charge in [-0.1, -0.05) is 22.6 Å². The van der Waals surface area contributed by atoms with E-state index in [9.17, 15) is 8.42 Å². The molecular formula is C7H11IO3S. The Labute approximate surface area is 85.9 Å². The smallest absolute Gasteiger partial charge is 0.154 e. The van der Waals surface area contributed by atoms with E-state index in [2.05, 4.69) is 22.6 Å². The molecule has 2 atom stereocenters. The molecule has 0 aromatic heterocycles. The summed E-state index contributed by atoms with van der Waals surface area (Å²) in [5, 5.41) is 0. The summed E-state index contributed by atoms with van der Waals surface area (Å²) in [6.07, 6.45) is 2.54. The van der Waals surface area contributed by atoms with Crippen molar-refractivity contribution in [2.45, 2.75) is 29.0 Å². The third kappa shape index (κ3) is 2.11. The summed E-state index contributed by atoms with van der Waals surface area (Å²) in [5.74, 6) is 0.530. The molecule has 0 N–H and O–H groups in total. The molecule has 0 radical (unpaired) electrons. The Balaban J connectivity index is 1.98. The topological polar surface area (TPSA) is 43.4 Å². The van der Waals surface area contributed by atoms with Gasteiger partial charge < -0.3 is 4.74 Å². The highest BCUT2D eigenvalue weighted by atomic mass is 127. The number of halogens is 1. The van der Waals surface area contributed by atoms with Crippen LogP contribution in [0.5, 0.6) is 0 Å². The van der Waals surface area contributed by atoms with Gasteiger partial charge in [0, 0.05) is 0 Å². The number of rotatable bonds is 2. The number of hydrogen-bond acceptors (Lipinski definition) is 3. The van der Waals surface area contributed by atoms with Crippen LogP contribution in [0.15, 0.2) is 0 Å². The first-order chi connectivity index (χ1) is 5.57. The summed E-state index contributed by atoms with van der Waals surface area (Å²) in [4.78, 5) is 0. The molecule has 2 fully saturated rings. The van der Waals surface area contributed by atoms with E-state index in [-0.39, 0.29) is 15.8 Å². The Hall–Kier alpha value is 0.640. The fourth-order valence-corrected chi connectivity index (χ4v) is 5.41. The lowest BCUT2D eigenvalue weighted by molar-refractivity contribution is 0.0632. The minimum atomic E-state index is -2.80. The van der Waals surface area contributed by atoms with Crippen LogP contribution in [-0.4, -0.2) is 36.1 Å². The minimum Gasteiger partial charge on any atom is -0.373 e. The lowest BCUT2D eigenvalue weighted by Gasteiger charge is -2.12. The van der Waals surface area contributed by atoms with Crippen molar-refractivity contribution in [1.29, 1.82) is 0 Å². The van der Waals surface area contributed by atoms with Gasteiger partial charge in [-0.25, -0.2) is 8.42 Å². The molecule has 2 rings (SSSR count). The lowest BCUT2D eigenvalue weighted by atomic mass is 10.3. The summed E-state index contributed by atoms with van der Waals surface area (Å²) < 4.78 is 28.1. The molecule has 12 heavy (non-hydrogen) atoms. The summed E-state index contributed by atoms with van der Waals surface area (Å²) in [6, 6.07) is 0. The highest BCUT2D eigenvalue weighted by molar-refractivity contribution is 14.1. The van der Waals surface area contributed by atoms with Crippen LogP contribution in [0.25, 0.3) is 0 Å². The number of sulfone groups is 1. The predicted molar refractivity (Wildman–Crippen MR) is 54.4 cm³/mol. The third-order valence-corrected chi connectivity index (χ3v) is 5.67. The van der Waals surface area contributed by atoms with Crippen LogP contribution >= 0.6 is 22.6 Å². The molecule has 1 saturated carbocycles. The second kappa shape index (κ2) is 3.09. The van der Waals surface area contributed by atoms with Crippen molar-refractivity contribution in [1.82, 2.24) is 0 Å². The van der Waals surface area contributed by atoms with Gasteiger partial charge in [0.1, 0.15) is 0 Å². The Morgan fingerprint density at radius 1 is 1.25 bits per heavy atom. The highest BCUT2D eigenvalue weighted by Crippen LogP contribution is 2.31. The summed E-state index contributed by atoms with van der Waals surface area (Å²) in [7, 11) is -2.80. The average Bonchev–Trinajstić information content (AvgIpc) is 2.63. The second-order valence-electron chi connectivity index (χ2n) is 3.47. The molecule has 5 heteroatoms. The van der Waals surface area contributed by atoms with Gasteiger partial charge in [-0.05, 0) is 12.8 Å². The molecule has 2 aliphatic rings. The fourth-order valence-electron chi connectivity index (χ4n) is 1.35. The zero-order valence-corrected chi connectivity index (χ0v) is 9.55. The molecule has 1 saturated heterocycles. The second-order valence-corrected chi connectivity index (χ2v) is 7.22. The molecule has 1 aliphatic carbocycles. The van der Waals surface area contributed by atoms with Crippen molar-refractivity contribution >= 4 is 32.4 Å². The maximum absolute atomic E-state index is 11.2. The van der Waals surface area contributed by atoms with Crippen LogP contribution < -0.4 is 0 Å². The van der Waals surface area contributed by atoms with Crippen LogP contribution in [0.2, 0.25) is 0 Å². The Bertz CT molecular complexity index is 270. The van der Waals surface area contributed by atoms with Crippen molar-refractivity contribution < 1.29 is 13.2 Å². The SMILES string of the molecule is O=S1(=O)CC(I)C(OC2CC2)C1. The molecule has 70 valence electrons. The van der Waals surface area contributed by atoms with Crippen LogP contribution in [0.3, 0.4) is 0 Å². The summed E-state index contributed by atoms with van der Waals surface area (Å²) in [5.41, 5.74) is 0. The molecule has 1 aliphatic heterocycles. The standard InChI is InChI=1S/C7H11IO3S/c8-6-3-12(9,10)4-7(6)11-5-1-2-5/h5-7H,1-4H2. The van der Waals surface area contributed by atoms with Gasteiger partial charge in [0.05, 0.1) is 27.6 Å². The van der Waals surface area contributed by atoms with Gasteiger partial charge in [0.25, 0.3) is 0 Å². The number of hydrogen-bond donors (Lipinski definition) is 0. The van der Waals surface area contributed by atoms with E-state index in [0.717, 1.165) is 12.8 Å². The van der Waals surface area contributed by atoms with E-state index >= 15 is 0 Å². The van der Waals surface area contributed by atoms with Gasteiger partial charge in [-0.15, -0.1) is 0 Å². The average molecular weight is 302 g/mol. The number of alkyl halides is 1. The van der Waals surface area contributed by atoms with Crippen molar-refractivity contribution in [3.05, 3.63) is 0 Å². The van der Waals surface area contributed by atoms with Gasteiger partial charge >= 0.3 is 0 Å². The van der Waals surface area contributed by atoms with Crippen molar-refractivity contribution in [2.75, 3.05) is 11.5 Å². The van der Waals surface area contributed by atoms with Gasteiger partial charge in [-0.2, -0.15) is 0 Å². The first kappa shape index (κ1) is 9.21. The van der Waals surface area contributed by atoms with Gasteiger partial charge in [0.15, 0.2) is 9.84 Å². The summed E-state index contributed by atoms with van der Waals surface area (Å²) >= 11 is 2.18. The van der Waals surface area contributed by atoms with E-state index in [4.69, 9.17) is 4.74 Å². The van der Waals surface area contributed by atoms with Crippen LogP contribution in [0.1, 0.15) is 12.8 Å². The zero-order valence-electron chi connectivity index (χ0n) is 6.57. The summed E-state index contributed by atoms with van der Waals surface area (Å²) in [6.45, 7) is 0. The Morgan fingerprint density at radius 3 is 2.33 bits per heavy atom. The van der Waals surface area contributed by atoms with Crippen molar-refractivity contribution in [3.63, 3.8) is 0 Å². The molecule has 0 aromatic rings. The predicted octanol–water partition coefficient (Wildman–Crippen LogP) is 0.766. The fraction of sp³-hybridized carbons (Fsp3) is 1.00. The van der Waals surface area contributed by atoms with Crippen LogP contribution in [0.4, 0.5) is 0 Å². The monoisotopic (exact) mass is 302 g/mol. The molecular weight excluding hydrogens is 291 g/mol. The van der Waals surface area contributed by atoms with Crippen LogP contribution in [0, 0.1) is 0 Å². The van der Waals surface area contributed by atoms with E-state index in [0.29, 0.717) is 11.9 Å². The first-order valence-corrected chi connectivity index (χ1v) is 7.13. The minimum absolute atomic E-state index is 0.0388. The Kier molecular flexibility index (Phi) is 2.37. The molecule has 0 bridgehead atoms. The first-order valence-electron chi connectivity index (χ1n) is 4.07. The zero-order chi connectivity index (χ0) is 8.77. The maximum atomic E-state index is 11.2. The van der Waals surface area contributed by atoms with Gasteiger partial charge in [0.2, 0.25) is 0 Å². The molecule has 1 heterocycles. The van der Waals surface area contributed by atoms with E-state index in [1.54, 1.807) is 0 Å². The Morgan fingerprint density at radius 2 is 1.92 bits per heavy atom. The third-order valence-electron chi connectivity index (χ3n) is 2.13. The molecule has 0 amide bonds. The number of ether oxygens (including phenoxy) is 1. The molecule has 3 nitrogen and oxygen atoms in total. The molecule has 0 aromatic carbocycles. The molecule has 0 spiro atoms. The van der Waals surface area contributed by atoms with Crippen molar-refractivity contribution in [2.24, 2.45) is 0 Å². The quantitative estimate of drug-likeness (QED) is 0.559. The largest absolute Gasteiger partial charge is 0.373 e.